The van der Waals surface area contributed by atoms with E-state index >= 15 is 0 Å². The maximum Gasteiger partial charge on any atom is 0.326 e. The number of esters is 1. The number of aromatic nitrogens is 3. The van der Waals surface area contributed by atoms with Gasteiger partial charge in [-0.1, -0.05) is 11.3 Å². The Morgan fingerprint density at radius 3 is 2.48 bits per heavy atom. The maximum atomic E-state index is 12.8. The van der Waals surface area contributed by atoms with Crippen LogP contribution in [0.1, 0.15) is 54.1 Å². The van der Waals surface area contributed by atoms with Crippen LogP contribution in [0.5, 0.6) is 0 Å². The van der Waals surface area contributed by atoms with E-state index in [2.05, 4.69) is 16.2 Å². The van der Waals surface area contributed by atoms with Crippen LogP contribution in [0.25, 0.3) is 10.2 Å². The van der Waals surface area contributed by atoms with Crippen LogP contribution in [0, 0.1) is 20.8 Å². The van der Waals surface area contributed by atoms with Gasteiger partial charge < -0.3 is 9.30 Å². The highest BCUT2D eigenvalue weighted by molar-refractivity contribution is 7.16. The van der Waals surface area contributed by atoms with Crippen LogP contribution >= 0.6 is 11.3 Å². The normalized spacial score (nSPS) is 12.2. The average Bonchev–Trinajstić information content (AvgIpc) is 3.17. The Hall–Kier alpha value is -2.74. The number of carbonyl (C=O) groups excluding carboxylic acids is 2. The molecule has 29 heavy (non-hydrogen) atoms. The summed E-state index contributed by atoms with van der Waals surface area (Å²) in [6, 6.07) is 5.96. The molecule has 2 heterocycles. The topological polar surface area (TPSA) is 78.5 Å². The van der Waals surface area contributed by atoms with Gasteiger partial charge in [-0.2, -0.15) is 10.1 Å². The van der Waals surface area contributed by atoms with Gasteiger partial charge in [0.2, 0.25) is 0 Å². The van der Waals surface area contributed by atoms with Crippen molar-refractivity contribution in [1.82, 2.24) is 14.3 Å². The fraction of sp³-hybridized carbons (Fsp3) is 0.429. The van der Waals surface area contributed by atoms with Crippen LogP contribution in [-0.2, 0) is 16.1 Å². The van der Waals surface area contributed by atoms with E-state index in [0.717, 1.165) is 27.0 Å². The maximum absolute atomic E-state index is 12.8. The predicted molar refractivity (Wildman–Crippen MR) is 113 cm³/mol. The van der Waals surface area contributed by atoms with Crippen LogP contribution in [0.15, 0.2) is 23.2 Å². The molecule has 3 aromatic rings. The molecule has 0 fully saturated rings. The van der Waals surface area contributed by atoms with Crippen molar-refractivity contribution in [2.45, 2.75) is 54.1 Å². The minimum Gasteiger partial charge on any atom is -0.465 e. The van der Waals surface area contributed by atoms with Crippen molar-refractivity contribution >= 4 is 33.4 Å². The molecular weight excluding hydrogens is 388 g/mol. The number of aryl methyl sites for hydroxylation is 3. The largest absolute Gasteiger partial charge is 0.465 e. The summed E-state index contributed by atoms with van der Waals surface area (Å²) in [4.78, 5) is 29.7. The summed E-state index contributed by atoms with van der Waals surface area (Å²) in [5.41, 5.74) is 4.31. The molecule has 7 nitrogen and oxygen atoms in total. The van der Waals surface area contributed by atoms with Gasteiger partial charge >= 0.3 is 5.97 Å². The quantitative estimate of drug-likeness (QED) is 0.596. The molecule has 0 unspecified atom stereocenters. The summed E-state index contributed by atoms with van der Waals surface area (Å²) in [6.07, 6.45) is 0. The predicted octanol–water partition coefficient (Wildman–Crippen LogP) is 3.71. The number of nitrogens with zero attached hydrogens (tertiary/aromatic N) is 4. The summed E-state index contributed by atoms with van der Waals surface area (Å²) < 4.78 is 9.62. The van der Waals surface area contributed by atoms with Gasteiger partial charge in [-0.25, -0.2) is 0 Å². The van der Waals surface area contributed by atoms with Gasteiger partial charge in [0.15, 0.2) is 10.5 Å². The van der Waals surface area contributed by atoms with Crippen molar-refractivity contribution in [2.24, 2.45) is 4.99 Å². The lowest BCUT2D eigenvalue weighted by Gasteiger charge is -2.07. The van der Waals surface area contributed by atoms with Crippen molar-refractivity contribution in [3.63, 3.8) is 0 Å². The molecule has 0 spiro atoms. The van der Waals surface area contributed by atoms with E-state index in [9.17, 15) is 9.59 Å². The Kier molecular flexibility index (Phi) is 6.02. The number of hydrogen-bond donors (Lipinski definition) is 0. The second-order valence-corrected chi connectivity index (χ2v) is 8.32. The summed E-state index contributed by atoms with van der Waals surface area (Å²) >= 11 is 1.38. The first-order valence-electron chi connectivity index (χ1n) is 9.62. The Morgan fingerprint density at radius 1 is 1.17 bits per heavy atom. The van der Waals surface area contributed by atoms with Gasteiger partial charge in [0.1, 0.15) is 6.54 Å². The molecule has 0 aliphatic rings. The van der Waals surface area contributed by atoms with Crippen LogP contribution in [0.3, 0.4) is 0 Å². The number of thiazole rings is 1. The lowest BCUT2D eigenvalue weighted by atomic mass is 10.1. The minimum absolute atomic E-state index is 0.00190. The molecular formula is C21H26N4O3S. The van der Waals surface area contributed by atoms with Crippen LogP contribution < -0.4 is 4.80 Å². The van der Waals surface area contributed by atoms with E-state index in [1.807, 2.05) is 40.7 Å². The SMILES string of the molecule is CCOC(=O)Cn1c(=NC(=O)c2cc(C)n(C(C)C)n2)sc2cc(C)c(C)cc21. The summed E-state index contributed by atoms with van der Waals surface area (Å²) in [5.74, 6) is -0.788. The van der Waals surface area contributed by atoms with Crippen molar-refractivity contribution < 1.29 is 14.3 Å². The monoisotopic (exact) mass is 414 g/mol. The number of rotatable bonds is 5. The molecule has 2 aromatic heterocycles. The van der Waals surface area contributed by atoms with Gasteiger partial charge in [0, 0.05) is 11.7 Å². The molecule has 1 aromatic carbocycles. The van der Waals surface area contributed by atoms with Crippen molar-refractivity contribution in [3.8, 4) is 0 Å². The fourth-order valence-corrected chi connectivity index (χ4v) is 4.26. The van der Waals surface area contributed by atoms with Crippen LogP contribution in [-0.4, -0.2) is 32.8 Å². The molecule has 0 atom stereocenters. The second kappa shape index (κ2) is 8.32. The van der Waals surface area contributed by atoms with E-state index in [4.69, 9.17) is 4.74 Å². The zero-order valence-electron chi connectivity index (χ0n) is 17.6. The van der Waals surface area contributed by atoms with Crippen molar-refractivity contribution in [2.75, 3.05) is 6.61 Å². The molecule has 0 radical (unpaired) electrons. The first kappa shape index (κ1) is 21.0. The number of benzene rings is 1. The highest BCUT2D eigenvalue weighted by Crippen LogP contribution is 2.22. The fourth-order valence-electron chi connectivity index (χ4n) is 3.15. The highest BCUT2D eigenvalue weighted by atomic mass is 32.1. The van der Waals surface area contributed by atoms with Gasteiger partial charge in [0.25, 0.3) is 5.91 Å². The lowest BCUT2D eigenvalue weighted by molar-refractivity contribution is -0.143. The van der Waals surface area contributed by atoms with Gasteiger partial charge in [-0.3, -0.25) is 14.3 Å². The van der Waals surface area contributed by atoms with E-state index in [1.165, 1.54) is 11.3 Å². The van der Waals surface area contributed by atoms with Gasteiger partial charge in [-0.05, 0) is 70.9 Å². The molecule has 0 aliphatic heterocycles. The zero-order valence-corrected chi connectivity index (χ0v) is 18.5. The third-order valence-corrected chi connectivity index (χ3v) is 5.76. The molecule has 8 heteroatoms. The van der Waals surface area contributed by atoms with Crippen LogP contribution in [0.4, 0.5) is 0 Å². The second-order valence-electron chi connectivity index (χ2n) is 7.31. The number of amides is 1. The van der Waals surface area contributed by atoms with Gasteiger partial charge in [-0.15, -0.1) is 0 Å². The number of carbonyl (C=O) groups is 2. The summed E-state index contributed by atoms with van der Waals surface area (Å²) in [7, 11) is 0. The molecule has 3 rings (SSSR count). The number of fused-ring (bicyclic) bond motifs is 1. The standard InChI is InChI=1S/C21H26N4O3S/c1-7-28-19(26)11-24-17-8-13(4)14(5)9-18(17)29-21(24)22-20(27)16-10-15(6)25(23-16)12(2)3/h8-10,12H,7,11H2,1-6H3. The molecule has 0 N–H and O–H groups in total. The molecule has 0 aliphatic carbocycles. The Bertz CT molecular complexity index is 1150. The Labute approximate surface area is 173 Å². The summed E-state index contributed by atoms with van der Waals surface area (Å²) in [5, 5.41) is 4.38. The molecule has 154 valence electrons. The van der Waals surface area contributed by atoms with E-state index in [-0.39, 0.29) is 18.6 Å². The number of ether oxygens (including phenoxy) is 1. The average molecular weight is 415 g/mol. The van der Waals surface area contributed by atoms with E-state index in [1.54, 1.807) is 22.2 Å². The third kappa shape index (κ3) is 4.32. The zero-order chi connectivity index (χ0) is 21.3. The molecule has 1 amide bonds. The highest BCUT2D eigenvalue weighted by Gasteiger charge is 2.16. The van der Waals surface area contributed by atoms with E-state index < -0.39 is 5.91 Å². The molecule has 0 saturated carbocycles. The Balaban J connectivity index is 2.12. The lowest BCUT2D eigenvalue weighted by Crippen LogP contribution is -2.23. The van der Waals surface area contributed by atoms with Crippen molar-refractivity contribution in [3.05, 3.63) is 45.5 Å². The first-order chi connectivity index (χ1) is 13.7. The molecule has 0 bridgehead atoms. The van der Waals surface area contributed by atoms with Crippen molar-refractivity contribution in [1.29, 1.82) is 0 Å². The van der Waals surface area contributed by atoms with E-state index in [0.29, 0.717) is 17.1 Å². The first-order valence-corrected chi connectivity index (χ1v) is 10.4. The third-order valence-electron chi connectivity index (χ3n) is 4.72. The molecule has 0 saturated heterocycles. The smallest absolute Gasteiger partial charge is 0.326 e. The minimum atomic E-state index is -0.426. The summed E-state index contributed by atoms with van der Waals surface area (Å²) in [6.45, 7) is 12.1. The Morgan fingerprint density at radius 2 is 1.86 bits per heavy atom. The van der Waals surface area contributed by atoms with Gasteiger partial charge in [0.05, 0.1) is 16.8 Å². The van der Waals surface area contributed by atoms with Crippen LogP contribution in [0.2, 0.25) is 0 Å². The number of hydrogen-bond acceptors (Lipinski definition) is 5.